The van der Waals surface area contributed by atoms with Crippen LogP contribution in [0.5, 0.6) is 0 Å². The molecule has 8 nitrogen and oxygen atoms in total. The van der Waals surface area contributed by atoms with E-state index in [1.807, 2.05) is 30.3 Å². The van der Waals surface area contributed by atoms with Gasteiger partial charge in [-0.05, 0) is 11.6 Å². The Labute approximate surface area is 137 Å². The van der Waals surface area contributed by atoms with Crippen molar-refractivity contribution in [2.45, 2.75) is 6.42 Å². The first-order valence-corrected chi connectivity index (χ1v) is 7.26. The Balaban J connectivity index is 1.47. The average molecular weight is 325 g/mol. The number of furan rings is 1. The van der Waals surface area contributed by atoms with Gasteiger partial charge in [0.1, 0.15) is 6.26 Å². The molecule has 24 heavy (non-hydrogen) atoms. The zero-order valence-electron chi connectivity index (χ0n) is 12.7. The Morgan fingerprint density at radius 1 is 1.12 bits per heavy atom. The first kappa shape index (κ1) is 15.5. The van der Waals surface area contributed by atoms with Crippen LogP contribution in [0.1, 0.15) is 5.56 Å². The summed E-state index contributed by atoms with van der Waals surface area (Å²) in [5, 5.41) is 11.6. The predicted molar refractivity (Wildman–Crippen MR) is 85.9 cm³/mol. The molecule has 2 heterocycles. The molecule has 3 N–H and O–H groups in total. The van der Waals surface area contributed by atoms with Gasteiger partial charge in [0, 0.05) is 0 Å². The van der Waals surface area contributed by atoms with Crippen LogP contribution in [0.2, 0.25) is 0 Å². The fourth-order valence-electron chi connectivity index (χ4n) is 2.04. The van der Waals surface area contributed by atoms with Gasteiger partial charge >= 0.3 is 0 Å². The number of anilines is 1. The smallest absolute Gasteiger partial charge is 0.249 e. The molecular formula is C16H15N5O3. The maximum Gasteiger partial charge on any atom is 0.249 e. The number of aromatic amines is 1. The lowest BCUT2D eigenvalue weighted by Crippen LogP contribution is -2.34. The van der Waals surface area contributed by atoms with Crippen LogP contribution in [0.3, 0.4) is 0 Å². The first-order valence-electron chi connectivity index (χ1n) is 7.26. The Bertz CT molecular complexity index is 811. The van der Waals surface area contributed by atoms with Crippen molar-refractivity contribution in [3.8, 4) is 11.4 Å². The molecule has 0 aliphatic carbocycles. The van der Waals surface area contributed by atoms with Crippen LogP contribution < -0.4 is 10.6 Å². The number of hydrogen-bond acceptors (Lipinski definition) is 5. The fourth-order valence-corrected chi connectivity index (χ4v) is 2.04. The summed E-state index contributed by atoms with van der Waals surface area (Å²) in [7, 11) is 0. The van der Waals surface area contributed by atoms with E-state index in [-0.39, 0.29) is 24.8 Å². The third-order valence-corrected chi connectivity index (χ3v) is 3.18. The normalized spacial score (nSPS) is 10.3. The van der Waals surface area contributed by atoms with E-state index >= 15 is 0 Å². The van der Waals surface area contributed by atoms with Crippen molar-refractivity contribution < 1.29 is 14.0 Å². The second-order valence-corrected chi connectivity index (χ2v) is 5.01. The zero-order valence-corrected chi connectivity index (χ0v) is 12.7. The summed E-state index contributed by atoms with van der Waals surface area (Å²) in [6.07, 6.45) is 3.24. The molecular weight excluding hydrogens is 310 g/mol. The molecule has 0 bridgehead atoms. The van der Waals surface area contributed by atoms with Crippen molar-refractivity contribution in [1.82, 2.24) is 20.5 Å². The molecule has 1 aromatic carbocycles. The minimum atomic E-state index is -0.408. The molecule has 0 saturated heterocycles. The highest BCUT2D eigenvalue weighted by atomic mass is 16.3. The van der Waals surface area contributed by atoms with Crippen LogP contribution in [-0.2, 0) is 16.0 Å². The molecule has 0 radical (unpaired) electrons. The van der Waals surface area contributed by atoms with E-state index in [0.29, 0.717) is 5.82 Å². The molecule has 122 valence electrons. The van der Waals surface area contributed by atoms with Gasteiger partial charge in [0.05, 0.1) is 24.8 Å². The standard InChI is InChI=1S/C16H15N5O3/c22-13(8-11-4-2-1-3-5-11)17-9-14(23)18-16-19-15(20-21-16)12-6-7-24-10-12/h1-7,10H,8-9H2,(H,17,22)(H2,18,19,20,21,23). The van der Waals surface area contributed by atoms with Gasteiger partial charge in [-0.2, -0.15) is 4.98 Å². The number of carbonyl (C=O) groups excluding carboxylic acids is 2. The van der Waals surface area contributed by atoms with Crippen molar-refractivity contribution in [2.24, 2.45) is 0 Å². The van der Waals surface area contributed by atoms with Crippen LogP contribution in [0.15, 0.2) is 53.3 Å². The number of carbonyl (C=O) groups is 2. The molecule has 2 amide bonds. The van der Waals surface area contributed by atoms with Crippen LogP contribution in [0.25, 0.3) is 11.4 Å². The van der Waals surface area contributed by atoms with Crippen molar-refractivity contribution in [2.75, 3.05) is 11.9 Å². The van der Waals surface area contributed by atoms with Crippen molar-refractivity contribution in [3.63, 3.8) is 0 Å². The Hall–Kier alpha value is -3.42. The quantitative estimate of drug-likeness (QED) is 0.633. The van der Waals surface area contributed by atoms with Crippen molar-refractivity contribution in [1.29, 1.82) is 0 Å². The fraction of sp³-hybridized carbons (Fsp3) is 0.125. The van der Waals surface area contributed by atoms with Gasteiger partial charge in [-0.3, -0.25) is 20.0 Å². The summed E-state index contributed by atoms with van der Waals surface area (Å²) in [5.74, 6) is -0.0275. The lowest BCUT2D eigenvalue weighted by atomic mass is 10.1. The molecule has 3 aromatic rings. The number of nitrogens with zero attached hydrogens (tertiary/aromatic N) is 2. The van der Waals surface area contributed by atoms with Crippen LogP contribution in [-0.4, -0.2) is 33.5 Å². The molecule has 0 spiro atoms. The number of hydrogen-bond donors (Lipinski definition) is 3. The molecule has 0 atom stereocenters. The van der Waals surface area contributed by atoms with Gasteiger partial charge in [-0.15, -0.1) is 5.10 Å². The Morgan fingerprint density at radius 2 is 1.96 bits per heavy atom. The minimum Gasteiger partial charge on any atom is -0.472 e. The Morgan fingerprint density at radius 3 is 2.71 bits per heavy atom. The lowest BCUT2D eigenvalue weighted by molar-refractivity contribution is -0.123. The topological polar surface area (TPSA) is 113 Å². The number of aromatic nitrogens is 3. The zero-order chi connectivity index (χ0) is 16.8. The summed E-state index contributed by atoms with van der Waals surface area (Å²) in [6.45, 7) is -0.152. The summed E-state index contributed by atoms with van der Waals surface area (Å²) in [6, 6.07) is 11.0. The van der Waals surface area contributed by atoms with E-state index in [1.54, 1.807) is 6.07 Å². The third-order valence-electron chi connectivity index (χ3n) is 3.18. The number of rotatable bonds is 6. The van der Waals surface area contributed by atoms with Crippen LogP contribution >= 0.6 is 0 Å². The maximum absolute atomic E-state index is 11.8. The predicted octanol–water partition coefficient (Wildman–Crippen LogP) is 1.36. The number of H-pyrrole nitrogens is 1. The van der Waals surface area contributed by atoms with E-state index in [0.717, 1.165) is 11.1 Å². The highest BCUT2D eigenvalue weighted by molar-refractivity contribution is 5.93. The Kier molecular flexibility index (Phi) is 4.66. The summed E-state index contributed by atoms with van der Waals surface area (Å²) < 4.78 is 4.95. The van der Waals surface area contributed by atoms with Gasteiger partial charge in [-0.25, -0.2) is 0 Å². The highest BCUT2D eigenvalue weighted by Crippen LogP contribution is 2.15. The van der Waals surface area contributed by atoms with Gasteiger partial charge in [-0.1, -0.05) is 30.3 Å². The summed E-state index contributed by atoms with van der Waals surface area (Å²) in [4.78, 5) is 27.7. The SMILES string of the molecule is O=C(Cc1ccccc1)NCC(=O)Nc1n[nH]c(-c2ccoc2)n1. The molecule has 0 fully saturated rings. The van der Waals surface area contributed by atoms with E-state index in [9.17, 15) is 9.59 Å². The second kappa shape index (κ2) is 7.23. The number of nitrogens with one attached hydrogen (secondary N) is 3. The van der Waals surface area contributed by atoms with Crippen LogP contribution in [0.4, 0.5) is 5.95 Å². The van der Waals surface area contributed by atoms with Gasteiger partial charge in [0.2, 0.25) is 17.8 Å². The molecule has 0 saturated carbocycles. The lowest BCUT2D eigenvalue weighted by Gasteiger charge is -2.04. The van der Waals surface area contributed by atoms with E-state index < -0.39 is 5.91 Å². The maximum atomic E-state index is 11.8. The molecule has 0 unspecified atom stereocenters. The highest BCUT2D eigenvalue weighted by Gasteiger charge is 2.11. The average Bonchev–Trinajstić information content (AvgIpc) is 3.25. The van der Waals surface area contributed by atoms with E-state index in [1.165, 1.54) is 12.5 Å². The largest absolute Gasteiger partial charge is 0.472 e. The molecule has 0 aliphatic rings. The molecule has 3 rings (SSSR count). The second-order valence-electron chi connectivity index (χ2n) is 5.01. The number of benzene rings is 1. The van der Waals surface area contributed by atoms with Gasteiger partial charge in [0.25, 0.3) is 0 Å². The summed E-state index contributed by atoms with van der Waals surface area (Å²) in [5.41, 5.74) is 1.60. The van der Waals surface area contributed by atoms with Gasteiger partial charge in [0.15, 0.2) is 5.82 Å². The first-order chi connectivity index (χ1) is 11.7. The van der Waals surface area contributed by atoms with Gasteiger partial charge < -0.3 is 9.73 Å². The monoisotopic (exact) mass is 325 g/mol. The molecule has 0 aliphatic heterocycles. The molecule has 8 heteroatoms. The van der Waals surface area contributed by atoms with Crippen molar-refractivity contribution >= 4 is 17.8 Å². The van der Waals surface area contributed by atoms with E-state index in [2.05, 4.69) is 25.8 Å². The minimum absolute atomic E-state index is 0.133. The third kappa shape index (κ3) is 4.07. The van der Waals surface area contributed by atoms with E-state index in [4.69, 9.17) is 4.42 Å². The molecule has 2 aromatic heterocycles. The summed E-state index contributed by atoms with van der Waals surface area (Å²) >= 11 is 0. The van der Waals surface area contributed by atoms with Crippen molar-refractivity contribution in [3.05, 3.63) is 54.5 Å². The number of amides is 2. The van der Waals surface area contributed by atoms with Crippen LogP contribution in [0, 0.1) is 0 Å².